The lowest BCUT2D eigenvalue weighted by molar-refractivity contribution is 0.660. The summed E-state index contributed by atoms with van der Waals surface area (Å²) in [5.41, 5.74) is 16.7. The summed E-state index contributed by atoms with van der Waals surface area (Å²) in [6.45, 7) is 4.74. The van der Waals surface area contributed by atoms with E-state index in [2.05, 4.69) is 254 Å². The van der Waals surface area contributed by atoms with Crippen LogP contribution in [0.4, 0.5) is 34.1 Å². The molecule has 9 aromatic carbocycles. The molecule has 1 aliphatic carbocycles. The molecule has 0 unspecified atom stereocenters. The molecule has 282 valence electrons. The summed E-state index contributed by atoms with van der Waals surface area (Å²) in [5.74, 6) is 0. The molecule has 0 radical (unpaired) electrons. The van der Waals surface area contributed by atoms with E-state index in [1.165, 1.54) is 49.7 Å². The van der Waals surface area contributed by atoms with Crippen molar-refractivity contribution in [1.29, 1.82) is 0 Å². The van der Waals surface area contributed by atoms with Crippen molar-refractivity contribution in [2.75, 3.05) is 9.80 Å². The fourth-order valence-electron chi connectivity index (χ4n) is 8.78. The SMILES string of the molecule is CC1(C)c2cc(C=Cc3ccc(N(c4ccccc4)c4ccccc4)cc3)ccc2-c2ccc(N(c3ccc(-c4ccccc4)cc3)c3cccc4ccccc34)cc21. The lowest BCUT2D eigenvalue weighted by Crippen LogP contribution is -2.17. The summed E-state index contributed by atoms with van der Waals surface area (Å²) in [6, 6.07) is 78.8. The van der Waals surface area contributed by atoms with Crippen LogP contribution in [0.15, 0.2) is 218 Å². The smallest absolute Gasteiger partial charge is 0.0540 e. The lowest BCUT2D eigenvalue weighted by Gasteiger charge is -2.29. The van der Waals surface area contributed by atoms with Crippen LogP contribution in [0.2, 0.25) is 0 Å². The van der Waals surface area contributed by atoms with Gasteiger partial charge in [0.15, 0.2) is 0 Å². The number of anilines is 6. The molecule has 2 nitrogen and oxygen atoms in total. The molecule has 9 aromatic rings. The molecule has 2 heteroatoms. The average Bonchev–Trinajstić information content (AvgIpc) is 3.52. The maximum atomic E-state index is 2.43. The van der Waals surface area contributed by atoms with Crippen LogP contribution in [0.1, 0.15) is 36.1 Å². The fraction of sp³-hybridized carbons (Fsp3) is 0.0526. The predicted octanol–water partition coefficient (Wildman–Crippen LogP) is 15.9. The van der Waals surface area contributed by atoms with Gasteiger partial charge >= 0.3 is 0 Å². The third-order valence-electron chi connectivity index (χ3n) is 11.8. The summed E-state index contributed by atoms with van der Waals surface area (Å²) < 4.78 is 0. The first-order valence-corrected chi connectivity index (χ1v) is 20.4. The van der Waals surface area contributed by atoms with Gasteiger partial charge in [0, 0.05) is 39.2 Å². The molecule has 0 saturated heterocycles. The number of rotatable bonds is 9. The number of hydrogen-bond donors (Lipinski definition) is 0. The fourth-order valence-corrected chi connectivity index (χ4v) is 8.78. The van der Waals surface area contributed by atoms with Gasteiger partial charge in [-0.1, -0.05) is 178 Å². The Bertz CT molecular complexity index is 2890. The number of benzene rings is 9. The van der Waals surface area contributed by atoms with Crippen LogP contribution in [0.3, 0.4) is 0 Å². The van der Waals surface area contributed by atoms with Crippen molar-refractivity contribution in [2.24, 2.45) is 0 Å². The Labute approximate surface area is 347 Å². The second kappa shape index (κ2) is 15.2. The van der Waals surface area contributed by atoms with Crippen molar-refractivity contribution >= 4 is 57.0 Å². The first-order valence-electron chi connectivity index (χ1n) is 20.4. The van der Waals surface area contributed by atoms with Gasteiger partial charge in [0.2, 0.25) is 0 Å². The zero-order valence-electron chi connectivity index (χ0n) is 33.3. The predicted molar refractivity (Wildman–Crippen MR) is 252 cm³/mol. The summed E-state index contributed by atoms with van der Waals surface area (Å²) in [4.78, 5) is 4.72. The quantitative estimate of drug-likeness (QED) is 0.135. The molecule has 0 bridgehead atoms. The molecule has 0 amide bonds. The topological polar surface area (TPSA) is 6.48 Å². The number of nitrogens with zero attached hydrogens (tertiary/aromatic N) is 2. The summed E-state index contributed by atoms with van der Waals surface area (Å²) in [5, 5.41) is 2.45. The molecule has 0 saturated carbocycles. The Hall–Kier alpha value is -7.42. The average molecular weight is 757 g/mol. The molecule has 1 aliphatic rings. The minimum atomic E-state index is -0.188. The molecule has 0 fully saturated rings. The third-order valence-corrected chi connectivity index (χ3v) is 11.8. The third kappa shape index (κ3) is 6.79. The van der Waals surface area contributed by atoms with E-state index < -0.39 is 0 Å². The van der Waals surface area contributed by atoms with Crippen molar-refractivity contribution < 1.29 is 0 Å². The largest absolute Gasteiger partial charge is 0.311 e. The number of hydrogen-bond acceptors (Lipinski definition) is 2. The van der Waals surface area contributed by atoms with Gasteiger partial charge < -0.3 is 9.80 Å². The summed E-state index contributed by atoms with van der Waals surface area (Å²) in [6.07, 6.45) is 4.46. The minimum Gasteiger partial charge on any atom is -0.311 e. The van der Waals surface area contributed by atoms with Gasteiger partial charge in [-0.15, -0.1) is 0 Å². The highest BCUT2D eigenvalue weighted by Gasteiger charge is 2.36. The van der Waals surface area contributed by atoms with E-state index in [0.29, 0.717) is 0 Å². The van der Waals surface area contributed by atoms with Gasteiger partial charge in [0.25, 0.3) is 0 Å². The van der Waals surface area contributed by atoms with Crippen molar-refractivity contribution in [3.05, 3.63) is 241 Å². The highest BCUT2D eigenvalue weighted by molar-refractivity contribution is 5.99. The second-order valence-corrected chi connectivity index (χ2v) is 15.8. The van der Waals surface area contributed by atoms with Crippen LogP contribution in [0, 0.1) is 0 Å². The van der Waals surface area contributed by atoms with Gasteiger partial charge in [-0.2, -0.15) is 0 Å². The van der Waals surface area contributed by atoms with E-state index in [1.807, 2.05) is 0 Å². The molecule has 59 heavy (non-hydrogen) atoms. The Kier molecular flexibility index (Phi) is 9.24. The number of fused-ring (bicyclic) bond motifs is 4. The highest BCUT2D eigenvalue weighted by atomic mass is 15.1. The van der Waals surface area contributed by atoms with Gasteiger partial charge in [-0.05, 0) is 117 Å². The van der Waals surface area contributed by atoms with E-state index in [-0.39, 0.29) is 5.41 Å². The molecule has 0 heterocycles. The van der Waals surface area contributed by atoms with Crippen LogP contribution in [-0.4, -0.2) is 0 Å². The molecule has 0 spiro atoms. The molecule has 10 rings (SSSR count). The van der Waals surface area contributed by atoms with Crippen LogP contribution in [-0.2, 0) is 5.41 Å². The van der Waals surface area contributed by atoms with Crippen molar-refractivity contribution in [3.63, 3.8) is 0 Å². The van der Waals surface area contributed by atoms with Crippen LogP contribution in [0.25, 0.3) is 45.2 Å². The Morgan fingerprint density at radius 2 is 0.831 bits per heavy atom. The van der Waals surface area contributed by atoms with E-state index in [9.17, 15) is 0 Å². The summed E-state index contributed by atoms with van der Waals surface area (Å²) in [7, 11) is 0. The highest BCUT2D eigenvalue weighted by Crippen LogP contribution is 2.51. The molecular weight excluding hydrogens is 713 g/mol. The second-order valence-electron chi connectivity index (χ2n) is 15.8. The molecular formula is C57H44N2. The molecule has 0 aliphatic heterocycles. The van der Waals surface area contributed by atoms with Crippen LogP contribution < -0.4 is 9.80 Å². The Balaban J connectivity index is 0.965. The zero-order chi connectivity index (χ0) is 39.8. The Morgan fingerprint density at radius 3 is 1.53 bits per heavy atom. The van der Waals surface area contributed by atoms with E-state index >= 15 is 0 Å². The van der Waals surface area contributed by atoms with Gasteiger partial charge in [0.05, 0.1) is 5.69 Å². The molecule has 0 N–H and O–H groups in total. The Morgan fingerprint density at radius 1 is 0.356 bits per heavy atom. The van der Waals surface area contributed by atoms with Gasteiger partial charge in [-0.25, -0.2) is 0 Å². The monoisotopic (exact) mass is 756 g/mol. The van der Waals surface area contributed by atoms with E-state index in [0.717, 1.165) is 39.7 Å². The first-order chi connectivity index (χ1) is 29.0. The van der Waals surface area contributed by atoms with Crippen LogP contribution >= 0.6 is 0 Å². The number of para-hydroxylation sites is 2. The summed E-state index contributed by atoms with van der Waals surface area (Å²) >= 11 is 0. The standard InChI is InChI=1S/C57H44N2/c1-57(2)54-39-42(26-25-41-27-32-48(33-28-41)58(46-19-8-4-9-20-46)47-21-10-5-11-22-47)29-37-52(54)53-38-36-50(40-55(53)57)59(56-24-14-18-45-17-12-13-23-51(45)56)49-34-30-44(31-35-49)43-15-6-3-7-16-43/h3-40H,1-2H3. The van der Waals surface area contributed by atoms with Crippen molar-refractivity contribution in [2.45, 2.75) is 19.3 Å². The van der Waals surface area contributed by atoms with Crippen molar-refractivity contribution in [1.82, 2.24) is 0 Å². The maximum Gasteiger partial charge on any atom is 0.0540 e. The lowest BCUT2D eigenvalue weighted by atomic mass is 9.81. The normalized spacial score (nSPS) is 12.6. The van der Waals surface area contributed by atoms with Crippen molar-refractivity contribution in [3.8, 4) is 22.3 Å². The maximum absolute atomic E-state index is 2.43. The molecule has 0 atom stereocenters. The van der Waals surface area contributed by atoms with Gasteiger partial charge in [-0.3, -0.25) is 0 Å². The van der Waals surface area contributed by atoms with Crippen LogP contribution in [0.5, 0.6) is 0 Å². The van der Waals surface area contributed by atoms with E-state index in [1.54, 1.807) is 0 Å². The first kappa shape index (κ1) is 36.0. The molecule has 0 aromatic heterocycles. The van der Waals surface area contributed by atoms with E-state index in [4.69, 9.17) is 0 Å². The zero-order valence-corrected chi connectivity index (χ0v) is 33.3. The minimum absolute atomic E-state index is 0.188. The van der Waals surface area contributed by atoms with Gasteiger partial charge in [0.1, 0.15) is 0 Å².